The van der Waals surface area contributed by atoms with Crippen molar-refractivity contribution >= 4 is 5.97 Å². The molecule has 9 nitrogen and oxygen atoms in total. The van der Waals surface area contributed by atoms with Gasteiger partial charge < -0.3 is 5.11 Å². The molecule has 1 N–H and O–H groups in total. The summed E-state index contributed by atoms with van der Waals surface area (Å²) in [5.74, 6) is -1.05. The first-order valence-electron chi connectivity index (χ1n) is 5.84. The molecule has 0 unspecified atom stereocenters. The second-order valence-corrected chi connectivity index (χ2v) is 4.62. The Morgan fingerprint density at radius 2 is 2.16 bits per heavy atom. The van der Waals surface area contributed by atoms with Gasteiger partial charge in [0.25, 0.3) is 0 Å². The number of aryl methyl sites for hydroxylation is 1. The summed E-state index contributed by atoms with van der Waals surface area (Å²) in [5.41, 5.74) is 0.901. The molecule has 0 amide bonds. The van der Waals surface area contributed by atoms with Gasteiger partial charge in [-0.15, -0.1) is 10.2 Å². The summed E-state index contributed by atoms with van der Waals surface area (Å²) in [6.45, 7) is 2.35. The topological polar surface area (TPSA) is 102 Å². The third kappa shape index (κ3) is 2.32. The normalized spacial score (nSPS) is 16.5. The standard InChI is InChI=1S/C10H13N7O2/c1-15-2-7(11-13-15)3-16-4-8(5-16)17-6-9(10(18)19)12-14-17/h2,6,8H,3-5H2,1H3,(H,18,19). The molecule has 0 aliphatic carbocycles. The number of nitrogens with zero attached hydrogens (tertiary/aromatic N) is 7. The van der Waals surface area contributed by atoms with Crippen LogP contribution in [0.1, 0.15) is 22.2 Å². The van der Waals surface area contributed by atoms with Gasteiger partial charge in [-0.1, -0.05) is 10.4 Å². The summed E-state index contributed by atoms with van der Waals surface area (Å²) < 4.78 is 3.28. The zero-order valence-electron chi connectivity index (χ0n) is 10.3. The number of likely N-dealkylation sites (tertiary alicyclic amines) is 1. The summed E-state index contributed by atoms with van der Waals surface area (Å²) in [5, 5.41) is 24.1. The van der Waals surface area contributed by atoms with Crippen LogP contribution in [0.2, 0.25) is 0 Å². The van der Waals surface area contributed by atoms with Crippen molar-refractivity contribution in [1.29, 1.82) is 0 Å². The minimum absolute atomic E-state index is 0.0209. The van der Waals surface area contributed by atoms with E-state index in [2.05, 4.69) is 25.5 Å². The van der Waals surface area contributed by atoms with Gasteiger partial charge in [-0.05, 0) is 0 Å². The Morgan fingerprint density at radius 1 is 1.37 bits per heavy atom. The van der Waals surface area contributed by atoms with Crippen LogP contribution in [-0.4, -0.2) is 59.1 Å². The van der Waals surface area contributed by atoms with E-state index in [1.807, 2.05) is 13.2 Å². The average molecular weight is 263 g/mol. The van der Waals surface area contributed by atoms with E-state index in [1.165, 1.54) is 6.20 Å². The molecule has 9 heteroatoms. The number of hydrogen-bond acceptors (Lipinski definition) is 6. The van der Waals surface area contributed by atoms with Crippen molar-refractivity contribution in [3.63, 3.8) is 0 Å². The fraction of sp³-hybridized carbons (Fsp3) is 0.500. The van der Waals surface area contributed by atoms with Crippen molar-refractivity contribution < 1.29 is 9.90 Å². The number of aromatic carboxylic acids is 1. The predicted octanol–water partition coefficient (Wildman–Crippen LogP) is -0.838. The fourth-order valence-electron chi connectivity index (χ4n) is 2.09. The number of rotatable bonds is 4. The van der Waals surface area contributed by atoms with Crippen LogP contribution in [-0.2, 0) is 13.6 Å². The van der Waals surface area contributed by atoms with E-state index in [9.17, 15) is 4.79 Å². The highest BCUT2D eigenvalue weighted by Gasteiger charge is 2.30. The van der Waals surface area contributed by atoms with Crippen LogP contribution in [0.5, 0.6) is 0 Å². The number of carboxylic acids is 1. The lowest BCUT2D eigenvalue weighted by atomic mass is 10.1. The maximum atomic E-state index is 10.7. The van der Waals surface area contributed by atoms with Gasteiger partial charge in [-0.25, -0.2) is 9.48 Å². The maximum Gasteiger partial charge on any atom is 0.358 e. The van der Waals surface area contributed by atoms with Crippen molar-refractivity contribution in [1.82, 2.24) is 34.9 Å². The summed E-state index contributed by atoms with van der Waals surface area (Å²) in [6.07, 6.45) is 3.35. The summed E-state index contributed by atoms with van der Waals surface area (Å²) >= 11 is 0. The molecule has 1 aliphatic heterocycles. The van der Waals surface area contributed by atoms with Gasteiger partial charge in [-0.2, -0.15) is 0 Å². The molecule has 3 heterocycles. The van der Waals surface area contributed by atoms with Crippen LogP contribution < -0.4 is 0 Å². The lowest BCUT2D eigenvalue weighted by Gasteiger charge is -2.38. The van der Waals surface area contributed by atoms with Crippen molar-refractivity contribution in [3.8, 4) is 0 Å². The zero-order chi connectivity index (χ0) is 13.4. The molecule has 0 atom stereocenters. The molecule has 3 rings (SSSR count). The highest BCUT2D eigenvalue weighted by Crippen LogP contribution is 2.21. The Morgan fingerprint density at radius 3 is 2.74 bits per heavy atom. The van der Waals surface area contributed by atoms with Crippen molar-refractivity contribution in [3.05, 3.63) is 23.8 Å². The smallest absolute Gasteiger partial charge is 0.358 e. The van der Waals surface area contributed by atoms with Crippen LogP contribution in [0.15, 0.2) is 12.4 Å². The van der Waals surface area contributed by atoms with Gasteiger partial charge in [0, 0.05) is 32.9 Å². The molecule has 1 aliphatic rings. The molecule has 1 saturated heterocycles. The Balaban J connectivity index is 1.55. The molecule has 1 fully saturated rings. The molecule has 0 radical (unpaired) electrons. The van der Waals surface area contributed by atoms with E-state index in [1.54, 1.807) is 9.36 Å². The molecular weight excluding hydrogens is 250 g/mol. The minimum Gasteiger partial charge on any atom is -0.476 e. The summed E-state index contributed by atoms with van der Waals surface area (Å²) in [4.78, 5) is 12.9. The number of hydrogen-bond donors (Lipinski definition) is 1. The largest absolute Gasteiger partial charge is 0.476 e. The first-order chi connectivity index (χ1) is 9.11. The van der Waals surface area contributed by atoms with E-state index < -0.39 is 5.97 Å². The van der Waals surface area contributed by atoms with E-state index in [0.29, 0.717) is 0 Å². The summed E-state index contributed by atoms with van der Waals surface area (Å²) in [6, 6.07) is 0.178. The third-order valence-corrected chi connectivity index (χ3v) is 3.08. The van der Waals surface area contributed by atoms with Gasteiger partial charge in [-0.3, -0.25) is 9.58 Å². The SMILES string of the molecule is Cn1cc(CN2CC(n3cc(C(=O)O)nn3)C2)nn1. The quantitative estimate of drug-likeness (QED) is 0.767. The van der Waals surface area contributed by atoms with E-state index in [0.717, 1.165) is 25.3 Å². The van der Waals surface area contributed by atoms with Crippen molar-refractivity contribution in [2.45, 2.75) is 12.6 Å². The van der Waals surface area contributed by atoms with E-state index >= 15 is 0 Å². The number of aromatic nitrogens is 6. The average Bonchev–Trinajstić information content (AvgIpc) is 2.91. The van der Waals surface area contributed by atoms with Crippen molar-refractivity contribution in [2.75, 3.05) is 13.1 Å². The molecule has 2 aromatic heterocycles. The molecule has 100 valence electrons. The van der Waals surface area contributed by atoms with Crippen LogP contribution in [0, 0.1) is 0 Å². The van der Waals surface area contributed by atoms with Gasteiger partial charge in [0.1, 0.15) is 0 Å². The van der Waals surface area contributed by atoms with Crippen molar-refractivity contribution in [2.24, 2.45) is 7.05 Å². The molecule has 0 bridgehead atoms. The molecule has 19 heavy (non-hydrogen) atoms. The highest BCUT2D eigenvalue weighted by atomic mass is 16.4. The van der Waals surface area contributed by atoms with E-state index in [4.69, 9.17) is 5.11 Å². The molecule has 2 aromatic rings. The summed E-state index contributed by atoms with van der Waals surface area (Å²) in [7, 11) is 1.83. The first-order valence-corrected chi connectivity index (χ1v) is 5.84. The minimum atomic E-state index is -1.05. The molecular formula is C10H13N7O2. The van der Waals surface area contributed by atoms with Gasteiger partial charge in [0.05, 0.1) is 17.9 Å². The monoisotopic (exact) mass is 263 g/mol. The predicted molar refractivity (Wildman–Crippen MR) is 62.3 cm³/mol. The third-order valence-electron chi connectivity index (χ3n) is 3.08. The lowest BCUT2D eigenvalue weighted by Crippen LogP contribution is -2.47. The van der Waals surface area contributed by atoms with Gasteiger partial charge in [0.2, 0.25) is 0 Å². The molecule has 0 aromatic carbocycles. The second-order valence-electron chi connectivity index (χ2n) is 4.62. The van der Waals surface area contributed by atoms with Gasteiger partial charge >= 0.3 is 5.97 Å². The Kier molecular flexibility index (Phi) is 2.75. The van der Waals surface area contributed by atoms with Crippen LogP contribution in [0.25, 0.3) is 0 Å². The van der Waals surface area contributed by atoms with Crippen LogP contribution in [0.4, 0.5) is 0 Å². The molecule has 0 spiro atoms. The van der Waals surface area contributed by atoms with Crippen LogP contribution >= 0.6 is 0 Å². The highest BCUT2D eigenvalue weighted by molar-refractivity contribution is 5.84. The maximum absolute atomic E-state index is 10.7. The number of carboxylic acid groups (broad SMARTS) is 1. The fourth-order valence-corrected chi connectivity index (χ4v) is 2.09. The van der Waals surface area contributed by atoms with Gasteiger partial charge in [0.15, 0.2) is 5.69 Å². The Hall–Kier alpha value is -2.29. The van der Waals surface area contributed by atoms with E-state index in [-0.39, 0.29) is 11.7 Å². The lowest BCUT2D eigenvalue weighted by molar-refractivity contribution is 0.0690. The zero-order valence-corrected chi connectivity index (χ0v) is 10.3. The number of carbonyl (C=O) groups is 1. The van der Waals surface area contributed by atoms with Crippen LogP contribution in [0.3, 0.4) is 0 Å². The Bertz CT molecular complexity index is 599. The second kappa shape index (κ2) is 4.43. The Labute approximate surface area is 108 Å². The molecule has 0 saturated carbocycles. The first kappa shape index (κ1) is 11.8.